The Morgan fingerprint density at radius 3 is 2.66 bits per heavy atom. The fourth-order valence-electron chi connectivity index (χ4n) is 7.01. The molecule has 6 heteroatoms. The molecule has 3 saturated carbocycles. The molecule has 0 saturated heterocycles. The van der Waals surface area contributed by atoms with Crippen LogP contribution in [0.4, 0.5) is 4.39 Å². The number of alkyl halides is 1. The molecule has 7 atom stereocenters. The molecule has 0 aliphatic heterocycles. The molecular formula is C23H29FO5. The number of ether oxygens (including phenoxy) is 1. The molecule has 3 fully saturated rings. The SMILES string of the molecule is CC(=O)OCC(=O)[C@H]1CC[C@H]2[C@@H]3CCC4=CC(=O)C=C[C@]4(C)[C@@]3(F)[C@@H](O)C[C@]12C. The fourth-order valence-corrected chi connectivity index (χ4v) is 7.01. The quantitative estimate of drug-likeness (QED) is 0.731. The molecule has 0 heterocycles. The second-order valence-corrected chi connectivity index (χ2v) is 9.73. The predicted molar refractivity (Wildman–Crippen MR) is 103 cm³/mol. The number of halogens is 1. The van der Waals surface area contributed by atoms with Gasteiger partial charge < -0.3 is 9.84 Å². The zero-order valence-corrected chi connectivity index (χ0v) is 17.2. The van der Waals surface area contributed by atoms with E-state index in [4.69, 9.17) is 4.74 Å². The summed E-state index contributed by atoms with van der Waals surface area (Å²) in [6, 6.07) is 0. The lowest BCUT2D eigenvalue weighted by atomic mass is 9.45. The van der Waals surface area contributed by atoms with Crippen LogP contribution in [0.25, 0.3) is 0 Å². The van der Waals surface area contributed by atoms with Crippen LogP contribution >= 0.6 is 0 Å². The Morgan fingerprint density at radius 2 is 1.97 bits per heavy atom. The first-order valence-electron chi connectivity index (χ1n) is 10.5. The van der Waals surface area contributed by atoms with Crippen molar-refractivity contribution in [1.29, 1.82) is 0 Å². The standard InChI is InChI=1S/C23H29FO5/c1-13(25)29-12-19(27)18-7-6-16-17-5-4-14-10-15(26)8-9-22(14,3)23(17,24)20(28)11-21(16,18)2/h8-10,16-18,20,28H,4-7,11-12H2,1-3H3/t16-,17-,18+,20-,21-,22-,23-/m0/s1. The molecule has 0 bridgehead atoms. The molecule has 0 aromatic rings. The molecule has 4 aliphatic rings. The lowest BCUT2D eigenvalue weighted by molar-refractivity contribution is -0.196. The summed E-state index contributed by atoms with van der Waals surface area (Å²) >= 11 is 0. The molecule has 0 amide bonds. The van der Waals surface area contributed by atoms with Gasteiger partial charge in [0.05, 0.1) is 6.10 Å². The van der Waals surface area contributed by atoms with Crippen LogP contribution < -0.4 is 0 Å². The highest BCUT2D eigenvalue weighted by Crippen LogP contribution is 2.68. The van der Waals surface area contributed by atoms with Crippen LogP contribution in [0.15, 0.2) is 23.8 Å². The second-order valence-electron chi connectivity index (χ2n) is 9.73. The minimum Gasteiger partial charge on any atom is -0.458 e. The smallest absolute Gasteiger partial charge is 0.303 e. The molecule has 5 nitrogen and oxygen atoms in total. The zero-order valence-electron chi connectivity index (χ0n) is 17.2. The Kier molecular flexibility index (Phi) is 4.65. The Balaban J connectivity index is 1.67. The number of hydrogen-bond donors (Lipinski definition) is 1. The van der Waals surface area contributed by atoms with E-state index in [0.717, 1.165) is 5.57 Å². The van der Waals surface area contributed by atoms with Crippen molar-refractivity contribution in [3.63, 3.8) is 0 Å². The minimum absolute atomic E-state index is 0.0356. The average Bonchev–Trinajstić information content (AvgIpc) is 2.98. The highest BCUT2D eigenvalue weighted by atomic mass is 19.1. The van der Waals surface area contributed by atoms with Gasteiger partial charge in [0.1, 0.15) is 6.61 Å². The first kappa shape index (κ1) is 20.5. The number of rotatable bonds is 3. The van der Waals surface area contributed by atoms with Gasteiger partial charge in [-0.25, -0.2) is 4.39 Å². The van der Waals surface area contributed by atoms with Crippen molar-refractivity contribution in [2.75, 3.05) is 6.61 Å². The molecule has 0 spiro atoms. The van der Waals surface area contributed by atoms with E-state index < -0.39 is 28.6 Å². The van der Waals surface area contributed by atoms with Gasteiger partial charge in [-0.2, -0.15) is 0 Å². The number of aliphatic hydroxyl groups is 1. The molecule has 1 N–H and O–H groups in total. The highest BCUT2D eigenvalue weighted by Gasteiger charge is 2.70. The molecule has 0 aromatic heterocycles. The first-order valence-corrected chi connectivity index (χ1v) is 10.5. The lowest BCUT2D eigenvalue weighted by Gasteiger charge is -2.62. The summed E-state index contributed by atoms with van der Waals surface area (Å²) in [6.45, 7) is 4.78. The third kappa shape index (κ3) is 2.71. The number of carbonyl (C=O) groups excluding carboxylic acids is 3. The Morgan fingerprint density at radius 1 is 1.24 bits per heavy atom. The van der Waals surface area contributed by atoms with Gasteiger partial charge in [-0.1, -0.05) is 18.6 Å². The summed E-state index contributed by atoms with van der Waals surface area (Å²) in [5.74, 6) is -1.54. The van der Waals surface area contributed by atoms with Gasteiger partial charge in [0.15, 0.2) is 17.2 Å². The van der Waals surface area contributed by atoms with Crippen molar-refractivity contribution < 1.29 is 28.6 Å². The van der Waals surface area contributed by atoms with Crippen LogP contribution in [0.3, 0.4) is 0 Å². The maximum Gasteiger partial charge on any atom is 0.303 e. The van der Waals surface area contributed by atoms with Crippen molar-refractivity contribution >= 4 is 17.5 Å². The number of ketones is 2. The van der Waals surface area contributed by atoms with E-state index in [1.165, 1.54) is 19.1 Å². The molecule has 0 unspecified atom stereocenters. The van der Waals surface area contributed by atoms with Gasteiger partial charge in [-0.3, -0.25) is 14.4 Å². The van der Waals surface area contributed by atoms with Gasteiger partial charge in [-0.15, -0.1) is 0 Å². The molecular weight excluding hydrogens is 375 g/mol. The van der Waals surface area contributed by atoms with Crippen LogP contribution in [0.2, 0.25) is 0 Å². The third-order valence-electron chi connectivity index (χ3n) is 8.44. The maximum absolute atomic E-state index is 16.8. The highest BCUT2D eigenvalue weighted by molar-refractivity contribution is 6.01. The van der Waals surface area contributed by atoms with Crippen LogP contribution in [0.5, 0.6) is 0 Å². The summed E-state index contributed by atoms with van der Waals surface area (Å²) in [5.41, 5.74) is -2.65. The summed E-state index contributed by atoms with van der Waals surface area (Å²) in [6.07, 6.45) is 6.04. The summed E-state index contributed by atoms with van der Waals surface area (Å²) in [5, 5.41) is 11.1. The first-order chi connectivity index (χ1) is 13.5. The minimum atomic E-state index is -1.87. The molecule has 4 aliphatic carbocycles. The fraction of sp³-hybridized carbons (Fsp3) is 0.696. The van der Waals surface area contributed by atoms with Gasteiger partial charge >= 0.3 is 5.97 Å². The van der Waals surface area contributed by atoms with E-state index in [-0.39, 0.29) is 42.3 Å². The Hall–Kier alpha value is -1.82. The van der Waals surface area contributed by atoms with Crippen LogP contribution in [0, 0.1) is 28.6 Å². The van der Waals surface area contributed by atoms with E-state index in [1.54, 1.807) is 13.0 Å². The summed E-state index contributed by atoms with van der Waals surface area (Å²) in [4.78, 5) is 35.7. The third-order valence-corrected chi connectivity index (χ3v) is 8.44. The van der Waals surface area contributed by atoms with Gasteiger partial charge in [-0.05, 0) is 62.5 Å². The normalized spacial score (nSPS) is 45.7. The van der Waals surface area contributed by atoms with E-state index in [9.17, 15) is 19.5 Å². The van der Waals surface area contributed by atoms with Crippen molar-refractivity contribution in [3.8, 4) is 0 Å². The second kappa shape index (κ2) is 6.59. The number of carbonyl (C=O) groups is 3. The number of fused-ring (bicyclic) bond motifs is 5. The zero-order chi connectivity index (χ0) is 21.2. The van der Waals surface area contributed by atoms with E-state index in [0.29, 0.717) is 25.7 Å². The molecule has 0 radical (unpaired) electrons. The number of hydrogen-bond acceptors (Lipinski definition) is 5. The van der Waals surface area contributed by atoms with E-state index in [2.05, 4.69) is 0 Å². The van der Waals surface area contributed by atoms with Crippen molar-refractivity contribution in [1.82, 2.24) is 0 Å². The lowest BCUT2D eigenvalue weighted by Crippen LogP contribution is -2.66. The van der Waals surface area contributed by atoms with Crippen LogP contribution in [-0.4, -0.2) is 41.0 Å². The Labute approximate surface area is 170 Å². The van der Waals surface area contributed by atoms with Crippen molar-refractivity contribution in [3.05, 3.63) is 23.8 Å². The van der Waals surface area contributed by atoms with Gasteiger partial charge in [0.2, 0.25) is 0 Å². The largest absolute Gasteiger partial charge is 0.458 e. The van der Waals surface area contributed by atoms with Crippen LogP contribution in [0.1, 0.15) is 52.9 Å². The maximum atomic E-state index is 16.8. The summed E-state index contributed by atoms with van der Waals surface area (Å²) < 4.78 is 21.8. The number of esters is 1. The average molecular weight is 404 g/mol. The molecule has 158 valence electrons. The number of allylic oxidation sites excluding steroid dienone is 4. The topological polar surface area (TPSA) is 80.7 Å². The number of Topliss-reactive ketones (excluding diaryl/α,β-unsaturated/α-hetero) is 1. The number of aliphatic hydroxyl groups excluding tert-OH is 1. The van der Waals surface area contributed by atoms with E-state index >= 15 is 4.39 Å². The van der Waals surface area contributed by atoms with Gasteiger partial charge in [0, 0.05) is 24.2 Å². The van der Waals surface area contributed by atoms with Crippen molar-refractivity contribution in [2.45, 2.75) is 64.6 Å². The van der Waals surface area contributed by atoms with Crippen molar-refractivity contribution in [2.24, 2.45) is 28.6 Å². The molecule has 0 aromatic carbocycles. The Bertz CT molecular complexity index is 831. The molecule has 4 rings (SSSR count). The van der Waals surface area contributed by atoms with Gasteiger partial charge in [0.25, 0.3) is 0 Å². The predicted octanol–water partition coefficient (Wildman–Crippen LogP) is 3.11. The monoisotopic (exact) mass is 404 g/mol. The molecule has 29 heavy (non-hydrogen) atoms. The van der Waals surface area contributed by atoms with Crippen LogP contribution in [-0.2, 0) is 19.1 Å². The summed E-state index contributed by atoms with van der Waals surface area (Å²) in [7, 11) is 0. The van der Waals surface area contributed by atoms with E-state index in [1.807, 2.05) is 6.92 Å².